The minimum Gasteiger partial charge on any atom is -0.495 e. The minimum absolute atomic E-state index is 0.232. The van der Waals surface area contributed by atoms with Crippen molar-refractivity contribution in [3.63, 3.8) is 0 Å². The lowest BCUT2D eigenvalue weighted by molar-refractivity contribution is 0.270. The number of hydrogen-bond donors (Lipinski definition) is 2. The highest BCUT2D eigenvalue weighted by Crippen LogP contribution is 2.31. The second kappa shape index (κ2) is 5.30. The van der Waals surface area contributed by atoms with E-state index >= 15 is 0 Å². The fourth-order valence-corrected chi connectivity index (χ4v) is 1.40. The fourth-order valence-electron chi connectivity index (χ4n) is 1.40. The Hall–Kier alpha value is -1.38. The molecule has 17 heavy (non-hydrogen) atoms. The molecular formula is C14H24N2O. The lowest BCUT2D eigenvalue weighted by atomic mass is 9.81. The number of anilines is 2. The van der Waals surface area contributed by atoms with Gasteiger partial charge in [-0.3, -0.25) is 0 Å². The van der Waals surface area contributed by atoms with Crippen molar-refractivity contribution in [1.29, 1.82) is 0 Å². The Bertz CT molecular complexity index is 372. The van der Waals surface area contributed by atoms with Crippen molar-refractivity contribution >= 4 is 11.4 Å². The van der Waals surface area contributed by atoms with Crippen LogP contribution in [0.1, 0.15) is 27.7 Å². The second-order valence-corrected chi connectivity index (χ2v) is 5.42. The zero-order valence-electron chi connectivity index (χ0n) is 11.5. The van der Waals surface area contributed by atoms with Gasteiger partial charge in [-0.05, 0) is 23.5 Å². The van der Waals surface area contributed by atoms with E-state index in [0.717, 1.165) is 18.0 Å². The van der Waals surface area contributed by atoms with Crippen LogP contribution in [0, 0.1) is 11.3 Å². The summed E-state index contributed by atoms with van der Waals surface area (Å²) in [6.07, 6.45) is 0. The predicted molar refractivity (Wildman–Crippen MR) is 74.5 cm³/mol. The number of para-hydroxylation sites is 1. The van der Waals surface area contributed by atoms with Gasteiger partial charge in [-0.25, -0.2) is 0 Å². The van der Waals surface area contributed by atoms with Gasteiger partial charge in [-0.2, -0.15) is 0 Å². The molecule has 0 aliphatic heterocycles. The van der Waals surface area contributed by atoms with Gasteiger partial charge < -0.3 is 15.8 Å². The number of ether oxygens (including phenoxy) is 1. The smallest absolute Gasteiger partial charge is 0.143 e. The molecule has 1 aromatic carbocycles. The summed E-state index contributed by atoms with van der Waals surface area (Å²) >= 11 is 0. The van der Waals surface area contributed by atoms with Gasteiger partial charge >= 0.3 is 0 Å². The molecule has 0 aromatic heterocycles. The number of nitrogens with two attached hydrogens (primary N) is 1. The summed E-state index contributed by atoms with van der Waals surface area (Å²) in [7, 11) is 1.63. The number of nitrogens with one attached hydrogen (secondary N) is 1. The Kier molecular flexibility index (Phi) is 4.27. The first-order valence-corrected chi connectivity index (χ1v) is 6.05. The highest BCUT2D eigenvalue weighted by molar-refractivity contribution is 5.72. The molecule has 3 heteroatoms. The molecule has 0 heterocycles. The van der Waals surface area contributed by atoms with E-state index in [0.29, 0.717) is 11.6 Å². The summed E-state index contributed by atoms with van der Waals surface area (Å²) in [5.41, 5.74) is 7.86. The normalized spacial score (nSPS) is 11.6. The SMILES string of the molecule is COc1cccc(NCC(C)(C)C(C)C)c1N. The molecule has 0 saturated carbocycles. The molecule has 0 fully saturated rings. The lowest BCUT2D eigenvalue weighted by Gasteiger charge is -2.30. The van der Waals surface area contributed by atoms with E-state index < -0.39 is 0 Å². The number of rotatable bonds is 5. The van der Waals surface area contributed by atoms with E-state index in [1.165, 1.54) is 0 Å². The average molecular weight is 236 g/mol. The standard InChI is InChI=1S/C14H24N2O/c1-10(2)14(3,4)9-16-11-7-6-8-12(17-5)13(11)15/h6-8,10,16H,9,15H2,1-5H3. The quantitative estimate of drug-likeness (QED) is 0.770. The monoisotopic (exact) mass is 236 g/mol. The van der Waals surface area contributed by atoms with Crippen LogP contribution in [0.4, 0.5) is 11.4 Å². The molecule has 0 radical (unpaired) electrons. The molecule has 0 spiro atoms. The first kappa shape index (κ1) is 13.7. The summed E-state index contributed by atoms with van der Waals surface area (Å²) in [5.74, 6) is 1.33. The Balaban J connectivity index is 2.76. The van der Waals surface area contributed by atoms with Crippen LogP contribution in [0.3, 0.4) is 0 Å². The maximum atomic E-state index is 6.01. The molecule has 0 amide bonds. The van der Waals surface area contributed by atoms with Gasteiger partial charge in [0.25, 0.3) is 0 Å². The lowest BCUT2D eigenvalue weighted by Crippen LogP contribution is -2.28. The summed E-state index contributed by atoms with van der Waals surface area (Å²) in [6.45, 7) is 9.86. The van der Waals surface area contributed by atoms with Crippen LogP contribution in [-0.4, -0.2) is 13.7 Å². The van der Waals surface area contributed by atoms with Crippen molar-refractivity contribution < 1.29 is 4.74 Å². The van der Waals surface area contributed by atoms with Gasteiger partial charge in [0, 0.05) is 6.54 Å². The van der Waals surface area contributed by atoms with Crippen molar-refractivity contribution in [3.05, 3.63) is 18.2 Å². The molecule has 96 valence electrons. The summed E-state index contributed by atoms with van der Waals surface area (Å²) in [4.78, 5) is 0. The number of benzene rings is 1. The van der Waals surface area contributed by atoms with Gasteiger partial charge in [-0.15, -0.1) is 0 Å². The molecule has 0 saturated heterocycles. The molecule has 3 N–H and O–H groups in total. The van der Waals surface area contributed by atoms with Crippen molar-refractivity contribution in [1.82, 2.24) is 0 Å². The van der Waals surface area contributed by atoms with Gasteiger partial charge in [0.15, 0.2) is 0 Å². The fraction of sp³-hybridized carbons (Fsp3) is 0.571. The van der Waals surface area contributed by atoms with Gasteiger partial charge in [0.2, 0.25) is 0 Å². The summed E-state index contributed by atoms with van der Waals surface area (Å²) in [5, 5.41) is 3.40. The number of nitrogen functional groups attached to an aromatic ring is 1. The van der Waals surface area contributed by atoms with Crippen molar-refractivity contribution in [2.75, 3.05) is 24.7 Å². The molecule has 1 rings (SSSR count). The van der Waals surface area contributed by atoms with Crippen LogP contribution in [0.2, 0.25) is 0 Å². The van der Waals surface area contributed by atoms with Crippen LogP contribution in [0.5, 0.6) is 5.75 Å². The van der Waals surface area contributed by atoms with Gasteiger partial charge in [-0.1, -0.05) is 33.8 Å². The van der Waals surface area contributed by atoms with E-state index in [9.17, 15) is 0 Å². The minimum atomic E-state index is 0.232. The van der Waals surface area contributed by atoms with Crippen LogP contribution in [0.15, 0.2) is 18.2 Å². The third-order valence-corrected chi connectivity index (χ3v) is 3.58. The van der Waals surface area contributed by atoms with Gasteiger partial charge in [0.05, 0.1) is 18.5 Å². The van der Waals surface area contributed by atoms with Crippen molar-refractivity contribution in [3.8, 4) is 5.75 Å². The molecule has 0 aliphatic rings. The third kappa shape index (κ3) is 3.29. The first-order valence-electron chi connectivity index (χ1n) is 6.05. The van der Waals surface area contributed by atoms with Crippen molar-refractivity contribution in [2.45, 2.75) is 27.7 Å². The Morgan fingerprint density at radius 2 is 2.00 bits per heavy atom. The third-order valence-electron chi connectivity index (χ3n) is 3.58. The highest BCUT2D eigenvalue weighted by Gasteiger charge is 2.22. The van der Waals surface area contributed by atoms with Crippen LogP contribution >= 0.6 is 0 Å². The molecule has 0 unspecified atom stereocenters. The molecule has 0 atom stereocenters. The zero-order chi connectivity index (χ0) is 13.1. The average Bonchev–Trinajstić information content (AvgIpc) is 2.27. The topological polar surface area (TPSA) is 47.3 Å². The number of hydrogen-bond acceptors (Lipinski definition) is 3. The Morgan fingerprint density at radius 3 is 2.53 bits per heavy atom. The summed E-state index contributed by atoms with van der Waals surface area (Å²) in [6, 6.07) is 5.79. The summed E-state index contributed by atoms with van der Waals surface area (Å²) < 4.78 is 5.20. The maximum absolute atomic E-state index is 6.01. The Labute approximate surface area is 104 Å². The maximum Gasteiger partial charge on any atom is 0.143 e. The first-order chi connectivity index (χ1) is 7.88. The largest absolute Gasteiger partial charge is 0.495 e. The molecular weight excluding hydrogens is 212 g/mol. The second-order valence-electron chi connectivity index (χ2n) is 5.42. The predicted octanol–water partition coefficient (Wildman–Crippen LogP) is 3.37. The van der Waals surface area contributed by atoms with Crippen molar-refractivity contribution in [2.24, 2.45) is 11.3 Å². The number of methoxy groups -OCH3 is 1. The van der Waals surface area contributed by atoms with Crippen LogP contribution < -0.4 is 15.8 Å². The van der Waals surface area contributed by atoms with E-state index in [2.05, 4.69) is 33.0 Å². The molecule has 0 bridgehead atoms. The van der Waals surface area contributed by atoms with E-state index in [1.807, 2.05) is 18.2 Å². The highest BCUT2D eigenvalue weighted by atomic mass is 16.5. The van der Waals surface area contributed by atoms with Gasteiger partial charge in [0.1, 0.15) is 5.75 Å². The van der Waals surface area contributed by atoms with E-state index in [-0.39, 0.29) is 5.41 Å². The molecule has 3 nitrogen and oxygen atoms in total. The van der Waals surface area contributed by atoms with Crippen LogP contribution in [-0.2, 0) is 0 Å². The zero-order valence-corrected chi connectivity index (χ0v) is 11.5. The molecule has 0 aliphatic carbocycles. The Morgan fingerprint density at radius 1 is 1.35 bits per heavy atom. The molecule has 1 aromatic rings. The van der Waals surface area contributed by atoms with E-state index in [4.69, 9.17) is 10.5 Å². The van der Waals surface area contributed by atoms with E-state index in [1.54, 1.807) is 7.11 Å². The van der Waals surface area contributed by atoms with Crippen LogP contribution in [0.25, 0.3) is 0 Å².